The molecule has 1 heterocycles. The van der Waals surface area contributed by atoms with Crippen LogP contribution in [0.2, 0.25) is 0 Å². The topological polar surface area (TPSA) is 49.5 Å². The van der Waals surface area contributed by atoms with Crippen LogP contribution in [0.15, 0.2) is 0 Å². The summed E-state index contributed by atoms with van der Waals surface area (Å²) in [7, 11) is 0. The molecule has 2 atom stereocenters. The highest BCUT2D eigenvalue weighted by Gasteiger charge is 2.23. The lowest BCUT2D eigenvalue weighted by molar-refractivity contribution is 0.0949. The normalized spacial score (nSPS) is 24.2. The molecular formula is C12H26N2O. The average Bonchev–Trinajstić information content (AvgIpc) is 2.21. The Morgan fingerprint density at radius 3 is 2.13 bits per heavy atom. The second kappa shape index (κ2) is 7.20. The van der Waals surface area contributed by atoms with Gasteiger partial charge in [-0.25, -0.2) is 0 Å². The van der Waals surface area contributed by atoms with Crippen LogP contribution >= 0.6 is 0 Å². The van der Waals surface area contributed by atoms with Crippen LogP contribution in [-0.2, 0) is 0 Å². The molecule has 1 aliphatic rings. The number of nitrogens with zero attached hydrogens (tertiary/aromatic N) is 1. The minimum Gasteiger partial charge on any atom is -0.395 e. The van der Waals surface area contributed by atoms with Crippen molar-refractivity contribution in [2.24, 2.45) is 5.73 Å². The van der Waals surface area contributed by atoms with E-state index in [0.717, 1.165) is 19.5 Å². The van der Waals surface area contributed by atoms with Crippen LogP contribution in [0.5, 0.6) is 0 Å². The average molecular weight is 214 g/mol. The summed E-state index contributed by atoms with van der Waals surface area (Å²) in [5.74, 6) is 0. The molecule has 1 rings (SSSR count). The lowest BCUT2D eigenvalue weighted by Crippen LogP contribution is -2.50. The zero-order valence-electron chi connectivity index (χ0n) is 9.99. The van der Waals surface area contributed by atoms with E-state index in [0.29, 0.717) is 0 Å². The highest BCUT2D eigenvalue weighted by molar-refractivity contribution is 4.81. The maximum atomic E-state index is 9.42. The van der Waals surface area contributed by atoms with Crippen molar-refractivity contribution in [2.75, 3.05) is 19.7 Å². The van der Waals surface area contributed by atoms with Crippen molar-refractivity contribution in [3.63, 3.8) is 0 Å². The van der Waals surface area contributed by atoms with E-state index in [2.05, 4.69) is 11.8 Å². The molecule has 1 saturated heterocycles. The first-order chi connectivity index (χ1) is 7.29. The fourth-order valence-corrected chi connectivity index (χ4v) is 2.40. The van der Waals surface area contributed by atoms with Crippen LogP contribution in [0.3, 0.4) is 0 Å². The van der Waals surface area contributed by atoms with Crippen molar-refractivity contribution in [1.29, 1.82) is 0 Å². The molecule has 2 unspecified atom stereocenters. The van der Waals surface area contributed by atoms with Gasteiger partial charge in [0.05, 0.1) is 6.61 Å². The van der Waals surface area contributed by atoms with Crippen molar-refractivity contribution in [3.8, 4) is 0 Å². The Balaban J connectivity index is 2.47. The predicted octanol–water partition coefficient (Wildman–Crippen LogP) is 1.35. The third kappa shape index (κ3) is 4.09. The molecule has 0 spiro atoms. The van der Waals surface area contributed by atoms with E-state index in [-0.39, 0.29) is 18.7 Å². The van der Waals surface area contributed by atoms with E-state index in [9.17, 15) is 5.11 Å². The summed E-state index contributed by atoms with van der Waals surface area (Å²) in [6.07, 6.45) is 7.49. The third-order valence-electron chi connectivity index (χ3n) is 3.51. The first kappa shape index (κ1) is 12.9. The maximum Gasteiger partial charge on any atom is 0.0601 e. The van der Waals surface area contributed by atoms with E-state index < -0.39 is 0 Å². The lowest BCUT2D eigenvalue weighted by Gasteiger charge is -2.35. The maximum absolute atomic E-state index is 9.42. The molecule has 0 aromatic carbocycles. The van der Waals surface area contributed by atoms with Crippen LogP contribution in [-0.4, -0.2) is 41.8 Å². The summed E-state index contributed by atoms with van der Waals surface area (Å²) >= 11 is 0. The van der Waals surface area contributed by atoms with Crippen molar-refractivity contribution in [3.05, 3.63) is 0 Å². The van der Waals surface area contributed by atoms with Gasteiger partial charge in [-0.05, 0) is 32.4 Å². The van der Waals surface area contributed by atoms with Crippen LogP contribution in [0.1, 0.15) is 45.4 Å². The number of hydrogen-bond donors (Lipinski definition) is 2. The van der Waals surface area contributed by atoms with Crippen molar-refractivity contribution < 1.29 is 5.11 Å². The Labute approximate surface area is 93.6 Å². The summed E-state index contributed by atoms with van der Waals surface area (Å²) < 4.78 is 0. The zero-order valence-corrected chi connectivity index (χ0v) is 9.99. The molecule has 0 aromatic heterocycles. The molecule has 3 heteroatoms. The Hall–Kier alpha value is -0.120. The van der Waals surface area contributed by atoms with Gasteiger partial charge in [0.25, 0.3) is 0 Å². The van der Waals surface area contributed by atoms with Crippen LogP contribution in [0.4, 0.5) is 0 Å². The van der Waals surface area contributed by atoms with Gasteiger partial charge in [-0.15, -0.1) is 0 Å². The molecule has 90 valence electrons. The first-order valence-corrected chi connectivity index (χ1v) is 6.40. The standard InChI is InChI=1S/C12H26N2O/c1-2-11(13)12(10-15)14-8-6-4-3-5-7-9-14/h11-12,15H,2-10,13H2,1H3. The van der Waals surface area contributed by atoms with Gasteiger partial charge in [0.15, 0.2) is 0 Å². The number of nitrogens with two attached hydrogens (primary N) is 1. The predicted molar refractivity (Wildman–Crippen MR) is 63.8 cm³/mol. The first-order valence-electron chi connectivity index (χ1n) is 6.40. The SMILES string of the molecule is CCC(N)C(CO)N1CCCCCCC1. The third-order valence-corrected chi connectivity index (χ3v) is 3.51. The Bertz CT molecular complexity index is 156. The fourth-order valence-electron chi connectivity index (χ4n) is 2.40. The lowest BCUT2D eigenvalue weighted by atomic mass is 10.0. The van der Waals surface area contributed by atoms with Gasteiger partial charge >= 0.3 is 0 Å². The van der Waals surface area contributed by atoms with Gasteiger partial charge in [0.1, 0.15) is 0 Å². The van der Waals surface area contributed by atoms with Crippen LogP contribution < -0.4 is 5.73 Å². The van der Waals surface area contributed by atoms with Gasteiger partial charge in [0.2, 0.25) is 0 Å². The van der Waals surface area contributed by atoms with Crippen molar-refractivity contribution in [2.45, 2.75) is 57.5 Å². The molecule has 0 aromatic rings. The van der Waals surface area contributed by atoms with E-state index >= 15 is 0 Å². The molecular weight excluding hydrogens is 188 g/mol. The van der Waals surface area contributed by atoms with E-state index in [1.165, 1.54) is 32.1 Å². The number of hydrogen-bond acceptors (Lipinski definition) is 3. The Kier molecular flexibility index (Phi) is 6.22. The summed E-state index contributed by atoms with van der Waals surface area (Å²) in [6, 6.07) is 0.294. The molecule has 3 nitrogen and oxygen atoms in total. The number of likely N-dealkylation sites (tertiary alicyclic amines) is 1. The van der Waals surface area contributed by atoms with Gasteiger partial charge in [-0.3, -0.25) is 4.90 Å². The minimum absolute atomic E-state index is 0.120. The summed E-state index contributed by atoms with van der Waals surface area (Å²) in [4.78, 5) is 2.40. The van der Waals surface area contributed by atoms with E-state index in [1.807, 2.05) is 0 Å². The van der Waals surface area contributed by atoms with Gasteiger partial charge in [0, 0.05) is 12.1 Å². The van der Waals surface area contributed by atoms with E-state index in [1.54, 1.807) is 0 Å². The molecule has 0 saturated carbocycles. The minimum atomic E-state index is 0.120. The molecule has 0 amide bonds. The van der Waals surface area contributed by atoms with Gasteiger partial charge in [-0.2, -0.15) is 0 Å². The summed E-state index contributed by atoms with van der Waals surface area (Å²) in [6.45, 7) is 4.52. The van der Waals surface area contributed by atoms with E-state index in [4.69, 9.17) is 5.73 Å². The molecule has 0 aliphatic carbocycles. The largest absolute Gasteiger partial charge is 0.395 e. The number of aliphatic hydroxyl groups is 1. The second-order valence-electron chi connectivity index (χ2n) is 4.63. The van der Waals surface area contributed by atoms with Crippen LogP contribution in [0, 0.1) is 0 Å². The Morgan fingerprint density at radius 2 is 1.67 bits per heavy atom. The molecule has 0 radical (unpaired) electrons. The zero-order chi connectivity index (χ0) is 11.1. The fraction of sp³-hybridized carbons (Fsp3) is 1.00. The molecule has 3 N–H and O–H groups in total. The van der Waals surface area contributed by atoms with Crippen molar-refractivity contribution >= 4 is 0 Å². The monoisotopic (exact) mass is 214 g/mol. The molecule has 1 aliphatic heterocycles. The summed E-state index contributed by atoms with van der Waals surface area (Å²) in [5, 5.41) is 9.42. The number of rotatable bonds is 4. The second-order valence-corrected chi connectivity index (χ2v) is 4.63. The van der Waals surface area contributed by atoms with Crippen LogP contribution in [0.25, 0.3) is 0 Å². The molecule has 0 bridgehead atoms. The summed E-state index contributed by atoms with van der Waals surface area (Å²) in [5.41, 5.74) is 6.05. The molecule has 1 fully saturated rings. The van der Waals surface area contributed by atoms with Gasteiger partial charge < -0.3 is 10.8 Å². The number of aliphatic hydroxyl groups excluding tert-OH is 1. The highest BCUT2D eigenvalue weighted by atomic mass is 16.3. The Morgan fingerprint density at radius 1 is 1.13 bits per heavy atom. The molecule has 15 heavy (non-hydrogen) atoms. The highest BCUT2D eigenvalue weighted by Crippen LogP contribution is 2.14. The van der Waals surface area contributed by atoms with Crippen molar-refractivity contribution in [1.82, 2.24) is 4.90 Å². The quantitative estimate of drug-likeness (QED) is 0.743. The van der Waals surface area contributed by atoms with Gasteiger partial charge in [-0.1, -0.05) is 26.2 Å². The smallest absolute Gasteiger partial charge is 0.0601 e.